The Morgan fingerprint density at radius 1 is 1.09 bits per heavy atom. The van der Waals surface area contributed by atoms with Crippen LogP contribution >= 0.6 is 0 Å². The van der Waals surface area contributed by atoms with Crippen molar-refractivity contribution in [2.24, 2.45) is 5.73 Å². The SMILES string of the molecule is CCC(O)(c1cn(Cc2ccc3c(-c4ccc(F)c(F)c4)cc(C(N)=O)nc3c2)nn1)C(F)(F)F. The van der Waals surface area contributed by atoms with E-state index in [0.717, 1.165) is 23.0 Å². The molecule has 4 rings (SSSR count). The fourth-order valence-corrected chi connectivity index (χ4v) is 3.68. The minimum atomic E-state index is -4.93. The van der Waals surface area contributed by atoms with Gasteiger partial charge in [0, 0.05) is 5.39 Å². The fraction of sp³-hybridized carbons (Fsp3) is 0.217. The van der Waals surface area contributed by atoms with Gasteiger partial charge in [0.2, 0.25) is 5.60 Å². The number of amides is 1. The zero-order valence-corrected chi connectivity index (χ0v) is 18.1. The lowest BCUT2D eigenvalue weighted by Crippen LogP contribution is -2.42. The van der Waals surface area contributed by atoms with Gasteiger partial charge in [-0.2, -0.15) is 13.2 Å². The number of nitrogens with zero attached hydrogens (tertiary/aromatic N) is 4. The maximum Gasteiger partial charge on any atom is 0.423 e. The van der Waals surface area contributed by atoms with Crippen LogP contribution in [0.1, 0.15) is 35.1 Å². The molecule has 7 nitrogen and oxygen atoms in total. The number of nitrogens with two attached hydrogens (primary N) is 1. The van der Waals surface area contributed by atoms with Crippen LogP contribution in [0.15, 0.2) is 48.7 Å². The highest BCUT2D eigenvalue weighted by molar-refractivity contribution is 6.00. The molecule has 0 radical (unpaired) electrons. The number of rotatable bonds is 6. The summed E-state index contributed by atoms with van der Waals surface area (Å²) in [5.74, 6) is -2.94. The molecule has 0 aliphatic rings. The molecular weight excluding hydrogens is 473 g/mol. The number of carbonyl (C=O) groups excluding carboxylic acids is 1. The predicted molar refractivity (Wildman–Crippen MR) is 115 cm³/mol. The van der Waals surface area contributed by atoms with Gasteiger partial charge >= 0.3 is 6.18 Å². The Kier molecular flexibility index (Phi) is 6.01. The van der Waals surface area contributed by atoms with Crippen LogP contribution in [0.25, 0.3) is 22.0 Å². The van der Waals surface area contributed by atoms with Crippen molar-refractivity contribution in [1.29, 1.82) is 0 Å². The largest absolute Gasteiger partial charge is 0.423 e. The Hall–Kier alpha value is -3.93. The number of aliphatic hydroxyl groups is 1. The van der Waals surface area contributed by atoms with Crippen LogP contribution < -0.4 is 5.73 Å². The second-order valence-electron chi connectivity index (χ2n) is 7.91. The van der Waals surface area contributed by atoms with Crippen molar-refractivity contribution in [2.45, 2.75) is 31.7 Å². The van der Waals surface area contributed by atoms with E-state index in [4.69, 9.17) is 5.73 Å². The molecule has 3 N–H and O–H groups in total. The standard InChI is InChI=1S/C23H18F5N5O2/c1-2-22(35,23(26,27)28)20-11-33(32-31-20)10-12-3-5-14-15(13-4-6-16(24)17(25)8-13)9-19(21(29)34)30-18(14)7-12/h3-9,11,35H,2,10H2,1H3,(H2,29,34). The molecule has 0 saturated carbocycles. The van der Waals surface area contributed by atoms with Crippen LogP contribution in [0.4, 0.5) is 22.0 Å². The summed E-state index contributed by atoms with van der Waals surface area (Å²) in [6, 6.07) is 9.46. The van der Waals surface area contributed by atoms with E-state index < -0.39 is 41.4 Å². The quantitative estimate of drug-likeness (QED) is 0.396. The predicted octanol–water partition coefficient (Wildman–Crippen LogP) is 4.08. The van der Waals surface area contributed by atoms with E-state index in [9.17, 15) is 31.9 Å². The van der Waals surface area contributed by atoms with Crippen molar-refractivity contribution in [3.8, 4) is 11.1 Å². The Bertz CT molecular complexity index is 1440. The fourth-order valence-electron chi connectivity index (χ4n) is 3.68. The van der Waals surface area contributed by atoms with Gasteiger partial charge in [-0.15, -0.1) is 5.10 Å². The average molecular weight is 491 g/mol. The number of pyridine rings is 1. The highest BCUT2D eigenvalue weighted by Gasteiger charge is 2.55. The first-order chi connectivity index (χ1) is 16.4. The van der Waals surface area contributed by atoms with Gasteiger partial charge < -0.3 is 10.8 Å². The summed E-state index contributed by atoms with van der Waals surface area (Å²) in [5.41, 5.74) is 3.00. The van der Waals surface area contributed by atoms with E-state index >= 15 is 0 Å². The highest BCUT2D eigenvalue weighted by Crippen LogP contribution is 2.40. The molecule has 0 bridgehead atoms. The smallest absolute Gasteiger partial charge is 0.375 e. The number of hydrogen-bond donors (Lipinski definition) is 2. The van der Waals surface area contributed by atoms with E-state index in [0.29, 0.717) is 27.6 Å². The van der Waals surface area contributed by atoms with Gasteiger partial charge in [-0.3, -0.25) is 4.79 Å². The molecule has 1 amide bonds. The third kappa shape index (κ3) is 4.44. The molecule has 0 fully saturated rings. The average Bonchev–Trinajstić information content (AvgIpc) is 3.27. The van der Waals surface area contributed by atoms with E-state index in [1.807, 2.05) is 0 Å². The molecule has 2 heterocycles. The van der Waals surface area contributed by atoms with Crippen LogP contribution in [0, 0.1) is 11.6 Å². The van der Waals surface area contributed by atoms with Crippen molar-refractivity contribution >= 4 is 16.8 Å². The van der Waals surface area contributed by atoms with Crippen molar-refractivity contribution < 1.29 is 31.9 Å². The molecule has 182 valence electrons. The monoisotopic (exact) mass is 491 g/mol. The second-order valence-corrected chi connectivity index (χ2v) is 7.91. The normalized spacial score (nSPS) is 13.7. The van der Waals surface area contributed by atoms with Gasteiger partial charge in [0.1, 0.15) is 11.4 Å². The lowest BCUT2D eigenvalue weighted by molar-refractivity contribution is -0.269. The van der Waals surface area contributed by atoms with Gasteiger partial charge in [0.05, 0.1) is 18.3 Å². The maximum absolute atomic E-state index is 13.8. The Labute approximate surface area is 195 Å². The summed E-state index contributed by atoms with van der Waals surface area (Å²) in [6.45, 7) is 1.16. The van der Waals surface area contributed by atoms with Crippen molar-refractivity contribution in [2.75, 3.05) is 0 Å². The summed E-state index contributed by atoms with van der Waals surface area (Å²) in [4.78, 5) is 16.0. The Balaban J connectivity index is 1.74. The van der Waals surface area contributed by atoms with Crippen LogP contribution in [0.3, 0.4) is 0 Å². The van der Waals surface area contributed by atoms with Gasteiger partial charge in [-0.05, 0) is 47.4 Å². The minimum Gasteiger partial charge on any atom is -0.375 e. The van der Waals surface area contributed by atoms with Gasteiger partial charge in [-0.1, -0.05) is 30.3 Å². The topological polar surface area (TPSA) is 107 Å². The molecule has 12 heteroatoms. The van der Waals surface area contributed by atoms with Gasteiger partial charge in [0.25, 0.3) is 5.91 Å². The molecule has 0 spiro atoms. The van der Waals surface area contributed by atoms with E-state index in [-0.39, 0.29) is 12.2 Å². The summed E-state index contributed by atoms with van der Waals surface area (Å²) in [7, 11) is 0. The van der Waals surface area contributed by atoms with Crippen LogP contribution in [0.2, 0.25) is 0 Å². The number of benzene rings is 2. The number of alkyl halides is 3. The molecule has 0 aliphatic heterocycles. The van der Waals surface area contributed by atoms with Crippen molar-refractivity contribution in [3.05, 3.63) is 77.2 Å². The molecule has 1 atom stereocenters. The molecular formula is C23H18F5N5O2. The number of carbonyl (C=O) groups is 1. The van der Waals surface area contributed by atoms with E-state index in [1.165, 1.54) is 19.1 Å². The maximum atomic E-state index is 13.8. The molecule has 35 heavy (non-hydrogen) atoms. The van der Waals surface area contributed by atoms with Crippen molar-refractivity contribution in [1.82, 2.24) is 20.0 Å². The second kappa shape index (κ2) is 8.69. The van der Waals surface area contributed by atoms with Crippen LogP contribution in [-0.2, 0) is 12.1 Å². The van der Waals surface area contributed by atoms with E-state index in [1.54, 1.807) is 18.2 Å². The number of primary amides is 1. The third-order valence-electron chi connectivity index (χ3n) is 5.64. The highest BCUT2D eigenvalue weighted by atomic mass is 19.4. The van der Waals surface area contributed by atoms with Crippen LogP contribution in [0.5, 0.6) is 0 Å². The minimum absolute atomic E-state index is 0.0242. The zero-order valence-electron chi connectivity index (χ0n) is 18.1. The Morgan fingerprint density at radius 3 is 2.46 bits per heavy atom. The first-order valence-electron chi connectivity index (χ1n) is 10.3. The number of hydrogen-bond acceptors (Lipinski definition) is 5. The van der Waals surface area contributed by atoms with Gasteiger partial charge in [-0.25, -0.2) is 18.4 Å². The molecule has 4 aromatic rings. The first-order valence-corrected chi connectivity index (χ1v) is 10.3. The van der Waals surface area contributed by atoms with Gasteiger partial charge in [0.15, 0.2) is 11.6 Å². The van der Waals surface area contributed by atoms with E-state index in [2.05, 4.69) is 15.3 Å². The molecule has 1 unspecified atom stereocenters. The van der Waals surface area contributed by atoms with Crippen LogP contribution in [-0.4, -0.2) is 37.2 Å². The lowest BCUT2D eigenvalue weighted by atomic mass is 9.96. The summed E-state index contributed by atoms with van der Waals surface area (Å²) >= 11 is 0. The first kappa shape index (κ1) is 24.2. The summed E-state index contributed by atoms with van der Waals surface area (Å²) < 4.78 is 68.3. The molecule has 2 aromatic heterocycles. The summed E-state index contributed by atoms with van der Waals surface area (Å²) in [6.07, 6.45) is -4.57. The third-order valence-corrected chi connectivity index (χ3v) is 5.64. The van der Waals surface area contributed by atoms with Crippen molar-refractivity contribution in [3.63, 3.8) is 0 Å². The Morgan fingerprint density at radius 2 is 1.83 bits per heavy atom. The lowest BCUT2D eigenvalue weighted by Gasteiger charge is -2.26. The molecule has 0 saturated heterocycles. The number of aromatic nitrogens is 4. The summed E-state index contributed by atoms with van der Waals surface area (Å²) in [5, 5.41) is 17.7. The number of halogens is 5. The zero-order chi connectivity index (χ0) is 25.5. The number of fused-ring (bicyclic) bond motifs is 1. The molecule has 2 aromatic carbocycles. The molecule has 0 aliphatic carbocycles.